The number of carboxylic acid groups (broad SMARTS) is 1. The summed E-state index contributed by atoms with van der Waals surface area (Å²) in [6, 6.07) is 15.7. The number of amides is 1. The Bertz CT molecular complexity index is 1460. The maximum absolute atomic E-state index is 12.8. The van der Waals surface area contributed by atoms with Gasteiger partial charge < -0.3 is 5.11 Å². The molecular weight excluding hydrogens is 508 g/mol. The van der Waals surface area contributed by atoms with Crippen LogP contribution in [-0.4, -0.2) is 69.3 Å². The zero-order chi connectivity index (χ0) is 25.3. The fourth-order valence-corrected chi connectivity index (χ4v) is 5.55. The Kier molecular flexibility index (Phi) is 6.90. The number of carboxylic acids is 1. The van der Waals surface area contributed by atoms with Gasteiger partial charge in [0.15, 0.2) is 0 Å². The third-order valence-corrected chi connectivity index (χ3v) is 8.29. The van der Waals surface area contributed by atoms with Gasteiger partial charge in [-0.3, -0.25) is 14.5 Å². The highest BCUT2D eigenvalue weighted by atomic mass is 32.2. The fourth-order valence-electron chi connectivity index (χ4n) is 3.36. The summed E-state index contributed by atoms with van der Waals surface area (Å²) in [5, 5.41) is 13.8. The molecule has 0 aliphatic carbocycles. The van der Waals surface area contributed by atoms with Crippen molar-refractivity contribution in [3.8, 4) is 16.9 Å². The Morgan fingerprint density at radius 1 is 1.17 bits per heavy atom. The van der Waals surface area contributed by atoms with Crippen molar-refractivity contribution >= 4 is 56.3 Å². The Hall–Kier alpha value is -3.32. The average molecular weight is 529 g/mol. The minimum Gasteiger partial charge on any atom is -0.480 e. The zero-order valence-electron chi connectivity index (χ0n) is 18.7. The molecule has 1 aliphatic rings. The second-order valence-corrected chi connectivity index (χ2v) is 11.5. The molecule has 0 spiro atoms. The summed E-state index contributed by atoms with van der Waals surface area (Å²) < 4.78 is 28.3. The van der Waals surface area contributed by atoms with Crippen molar-refractivity contribution in [2.75, 3.05) is 20.6 Å². The molecule has 1 saturated heterocycles. The van der Waals surface area contributed by atoms with Gasteiger partial charge in [-0.25, -0.2) is 17.4 Å². The highest BCUT2D eigenvalue weighted by Gasteiger charge is 2.33. The first-order valence-electron chi connectivity index (χ1n) is 10.2. The average Bonchev–Trinajstić information content (AvgIpc) is 3.36. The van der Waals surface area contributed by atoms with Crippen molar-refractivity contribution in [1.82, 2.24) is 19.0 Å². The third-order valence-electron chi connectivity index (χ3n) is 5.10. The normalized spacial score (nSPS) is 15.4. The smallest absolute Gasteiger partial charge is 0.323 e. The number of benzene rings is 2. The number of para-hydroxylation sites is 1. The number of aromatic nitrogens is 2. The summed E-state index contributed by atoms with van der Waals surface area (Å²) in [6.45, 7) is -0.525. The molecule has 0 atom stereocenters. The molecule has 12 heteroatoms. The number of aliphatic carboxylic acids is 1. The lowest BCUT2D eigenvalue weighted by Crippen LogP contribution is -2.33. The number of thiocarbonyl (C=S) groups is 1. The topological polar surface area (TPSA) is 113 Å². The zero-order valence-corrected chi connectivity index (χ0v) is 21.1. The molecule has 2 aromatic carbocycles. The Labute approximate surface area is 211 Å². The molecule has 1 N–H and O–H groups in total. The van der Waals surface area contributed by atoms with Crippen LogP contribution in [-0.2, 0) is 19.6 Å². The van der Waals surface area contributed by atoms with Gasteiger partial charge in [0.2, 0.25) is 10.0 Å². The minimum atomic E-state index is -3.68. The van der Waals surface area contributed by atoms with Gasteiger partial charge in [0, 0.05) is 31.4 Å². The largest absolute Gasteiger partial charge is 0.480 e. The third kappa shape index (κ3) is 5.05. The first-order chi connectivity index (χ1) is 16.6. The lowest BCUT2D eigenvalue weighted by molar-refractivity contribution is -0.140. The van der Waals surface area contributed by atoms with E-state index in [1.165, 1.54) is 26.2 Å². The van der Waals surface area contributed by atoms with Crippen LogP contribution < -0.4 is 0 Å². The van der Waals surface area contributed by atoms with Gasteiger partial charge in [0.1, 0.15) is 16.6 Å². The molecule has 2 heterocycles. The quantitative estimate of drug-likeness (QED) is 0.368. The van der Waals surface area contributed by atoms with E-state index in [0.29, 0.717) is 16.8 Å². The van der Waals surface area contributed by atoms with E-state index in [1.807, 2.05) is 30.3 Å². The predicted octanol–water partition coefficient (Wildman–Crippen LogP) is 3.08. The van der Waals surface area contributed by atoms with E-state index in [9.17, 15) is 18.0 Å². The standard InChI is InChI=1S/C23H20N4O5S3/c1-25(2)35(31,32)18-10-6-7-15(11-18)21-16(13-27(24-21)17-8-4-3-5-9-17)12-19-22(30)26(14-20(28)29)23(33)34-19/h3-13H,14H2,1-2H3,(H,28,29)/b19-12-. The summed E-state index contributed by atoms with van der Waals surface area (Å²) in [4.78, 5) is 25.3. The molecule has 0 saturated carbocycles. The number of hydrogen-bond donors (Lipinski definition) is 1. The number of sulfonamides is 1. The lowest BCUT2D eigenvalue weighted by Gasteiger charge is -2.12. The molecule has 35 heavy (non-hydrogen) atoms. The minimum absolute atomic E-state index is 0.105. The van der Waals surface area contributed by atoms with Crippen LogP contribution in [0, 0.1) is 0 Å². The number of nitrogens with zero attached hydrogens (tertiary/aromatic N) is 4. The summed E-state index contributed by atoms with van der Waals surface area (Å²) in [6.07, 6.45) is 3.32. The summed E-state index contributed by atoms with van der Waals surface area (Å²) in [5.41, 5.74) is 2.30. The highest BCUT2D eigenvalue weighted by molar-refractivity contribution is 8.26. The van der Waals surface area contributed by atoms with Crippen LogP contribution in [0.5, 0.6) is 0 Å². The molecule has 1 fully saturated rings. The maximum Gasteiger partial charge on any atom is 0.323 e. The SMILES string of the molecule is CN(C)S(=O)(=O)c1cccc(-c2nn(-c3ccccc3)cc2/C=C2\SC(=S)N(CC(=O)O)C2=O)c1. The van der Waals surface area contributed by atoms with Crippen LogP contribution in [0.25, 0.3) is 23.0 Å². The number of rotatable bonds is 7. The second kappa shape index (κ2) is 9.74. The van der Waals surface area contributed by atoms with Gasteiger partial charge in [0.25, 0.3) is 5.91 Å². The molecule has 4 rings (SSSR count). The van der Waals surface area contributed by atoms with Crippen molar-refractivity contribution in [1.29, 1.82) is 0 Å². The van der Waals surface area contributed by atoms with E-state index in [1.54, 1.807) is 29.1 Å². The monoisotopic (exact) mass is 528 g/mol. The first-order valence-corrected chi connectivity index (χ1v) is 12.9. The van der Waals surface area contributed by atoms with Gasteiger partial charge >= 0.3 is 5.97 Å². The Morgan fingerprint density at radius 3 is 2.54 bits per heavy atom. The summed E-state index contributed by atoms with van der Waals surface area (Å²) in [7, 11) is -0.767. The molecule has 1 aliphatic heterocycles. The van der Waals surface area contributed by atoms with Crippen LogP contribution in [0.2, 0.25) is 0 Å². The van der Waals surface area contributed by atoms with Crippen molar-refractivity contribution in [2.24, 2.45) is 0 Å². The van der Waals surface area contributed by atoms with E-state index >= 15 is 0 Å². The summed E-state index contributed by atoms with van der Waals surface area (Å²) >= 11 is 6.20. The molecule has 0 unspecified atom stereocenters. The van der Waals surface area contributed by atoms with Crippen LogP contribution in [0.4, 0.5) is 0 Å². The van der Waals surface area contributed by atoms with Gasteiger partial charge in [-0.2, -0.15) is 5.10 Å². The first kappa shape index (κ1) is 24.8. The van der Waals surface area contributed by atoms with Crippen molar-refractivity contribution in [3.05, 3.63) is 71.3 Å². The van der Waals surface area contributed by atoms with E-state index < -0.39 is 28.4 Å². The van der Waals surface area contributed by atoms with Crippen molar-refractivity contribution in [3.63, 3.8) is 0 Å². The molecule has 9 nitrogen and oxygen atoms in total. The number of hydrogen-bond acceptors (Lipinski definition) is 7. The number of thioether (sulfide) groups is 1. The highest BCUT2D eigenvalue weighted by Crippen LogP contribution is 2.35. The van der Waals surface area contributed by atoms with Gasteiger partial charge in [-0.1, -0.05) is 54.3 Å². The van der Waals surface area contributed by atoms with E-state index in [0.717, 1.165) is 26.7 Å². The van der Waals surface area contributed by atoms with Crippen molar-refractivity contribution < 1.29 is 23.1 Å². The fraction of sp³-hybridized carbons (Fsp3) is 0.130. The number of carbonyl (C=O) groups is 2. The van der Waals surface area contributed by atoms with Crippen LogP contribution in [0.15, 0.2) is 70.6 Å². The second-order valence-electron chi connectivity index (χ2n) is 7.69. The van der Waals surface area contributed by atoms with E-state index in [-0.39, 0.29) is 14.1 Å². The molecule has 1 amide bonds. The van der Waals surface area contributed by atoms with Gasteiger partial charge in [-0.05, 0) is 30.3 Å². The summed E-state index contributed by atoms with van der Waals surface area (Å²) in [5.74, 6) is -1.68. The van der Waals surface area contributed by atoms with Crippen LogP contribution >= 0.6 is 24.0 Å². The molecule has 1 aromatic heterocycles. The van der Waals surface area contributed by atoms with Gasteiger partial charge in [-0.15, -0.1) is 0 Å². The van der Waals surface area contributed by atoms with Gasteiger partial charge in [0.05, 0.1) is 15.5 Å². The lowest BCUT2D eigenvalue weighted by atomic mass is 10.1. The number of carbonyl (C=O) groups excluding carboxylic acids is 1. The molecular formula is C23H20N4O5S3. The van der Waals surface area contributed by atoms with Crippen molar-refractivity contribution in [2.45, 2.75) is 4.90 Å². The Balaban J connectivity index is 1.84. The molecule has 0 bridgehead atoms. The maximum atomic E-state index is 12.8. The molecule has 0 radical (unpaired) electrons. The molecule has 3 aromatic rings. The predicted molar refractivity (Wildman–Crippen MR) is 137 cm³/mol. The van der Waals surface area contributed by atoms with E-state index in [2.05, 4.69) is 5.10 Å². The molecule has 180 valence electrons. The Morgan fingerprint density at radius 2 is 1.89 bits per heavy atom. The van der Waals surface area contributed by atoms with Crippen LogP contribution in [0.3, 0.4) is 0 Å². The van der Waals surface area contributed by atoms with Crippen LogP contribution in [0.1, 0.15) is 5.56 Å². The van der Waals surface area contributed by atoms with E-state index in [4.69, 9.17) is 17.3 Å².